The molecule has 0 saturated carbocycles. The lowest BCUT2D eigenvalue weighted by atomic mass is 10.1. The van der Waals surface area contributed by atoms with Crippen molar-refractivity contribution in [1.29, 1.82) is 0 Å². The van der Waals surface area contributed by atoms with Gasteiger partial charge in [0.2, 0.25) is 9.84 Å². The molecule has 0 unspecified atom stereocenters. The summed E-state index contributed by atoms with van der Waals surface area (Å²) in [5.74, 6) is 0.976. The molecular formula is C29H29Cl2N3O4S. The first-order chi connectivity index (χ1) is 18.3. The van der Waals surface area contributed by atoms with Crippen LogP contribution in [-0.4, -0.2) is 57.5 Å². The van der Waals surface area contributed by atoms with E-state index >= 15 is 0 Å². The van der Waals surface area contributed by atoms with Gasteiger partial charge < -0.3 is 14.4 Å². The third-order valence-electron chi connectivity index (χ3n) is 6.30. The van der Waals surface area contributed by atoms with Gasteiger partial charge in [0.15, 0.2) is 5.03 Å². The Balaban J connectivity index is 0.00000353. The van der Waals surface area contributed by atoms with Crippen molar-refractivity contribution in [2.24, 2.45) is 0 Å². The van der Waals surface area contributed by atoms with Gasteiger partial charge >= 0.3 is 0 Å². The molecule has 0 fully saturated rings. The summed E-state index contributed by atoms with van der Waals surface area (Å²) in [4.78, 5) is 2.21. The summed E-state index contributed by atoms with van der Waals surface area (Å²) >= 11 is 6.24. The van der Waals surface area contributed by atoms with Gasteiger partial charge in [-0.05, 0) is 49.3 Å². The third kappa shape index (κ3) is 5.84. The Morgan fingerprint density at radius 2 is 1.69 bits per heavy atom. The Hall–Kier alpha value is -3.30. The number of nitrogens with zero attached hydrogens (tertiary/aromatic N) is 3. The zero-order chi connectivity index (χ0) is 26.9. The minimum absolute atomic E-state index is 0. The summed E-state index contributed by atoms with van der Waals surface area (Å²) < 4.78 is 41.8. The van der Waals surface area contributed by atoms with E-state index in [0.29, 0.717) is 52.5 Å². The number of hydrogen-bond acceptors (Lipinski definition) is 6. The molecule has 0 aliphatic rings. The van der Waals surface area contributed by atoms with Crippen LogP contribution in [0.15, 0.2) is 88.8 Å². The maximum Gasteiger partial charge on any atom is 0.226 e. The van der Waals surface area contributed by atoms with Gasteiger partial charge in [0.05, 0.1) is 18.6 Å². The highest BCUT2D eigenvalue weighted by Gasteiger charge is 2.29. The first-order valence-corrected chi connectivity index (χ1v) is 14.0. The molecule has 10 heteroatoms. The van der Waals surface area contributed by atoms with Crippen LogP contribution in [-0.2, 0) is 16.4 Å². The van der Waals surface area contributed by atoms with E-state index in [1.165, 1.54) is 0 Å². The summed E-state index contributed by atoms with van der Waals surface area (Å²) in [6.45, 7) is 1.39. The average molecular weight is 587 g/mol. The maximum atomic E-state index is 14.2. The van der Waals surface area contributed by atoms with Crippen molar-refractivity contribution in [2.45, 2.75) is 16.5 Å². The molecule has 0 bridgehead atoms. The van der Waals surface area contributed by atoms with Crippen LogP contribution in [0.4, 0.5) is 0 Å². The molecule has 0 aliphatic heterocycles. The molecule has 204 valence electrons. The van der Waals surface area contributed by atoms with Crippen LogP contribution in [0.25, 0.3) is 21.7 Å². The van der Waals surface area contributed by atoms with Crippen molar-refractivity contribution in [3.05, 3.63) is 89.4 Å². The minimum atomic E-state index is -4.02. The van der Waals surface area contributed by atoms with Gasteiger partial charge in [-0.15, -0.1) is 12.4 Å². The van der Waals surface area contributed by atoms with Crippen LogP contribution in [0, 0.1) is 0 Å². The predicted molar refractivity (Wildman–Crippen MR) is 158 cm³/mol. The van der Waals surface area contributed by atoms with Crippen LogP contribution in [0.1, 0.15) is 5.56 Å². The quantitative estimate of drug-likeness (QED) is 0.208. The number of aromatic nitrogens is 2. The molecule has 5 rings (SSSR count). The lowest BCUT2D eigenvalue weighted by Gasteiger charge is -2.14. The van der Waals surface area contributed by atoms with Crippen molar-refractivity contribution in [3.63, 3.8) is 0 Å². The predicted octanol–water partition coefficient (Wildman–Crippen LogP) is 6.09. The fraction of sp³-hybridized carbons (Fsp3) is 0.207. The first-order valence-electron chi connectivity index (χ1n) is 12.1. The van der Waals surface area contributed by atoms with Gasteiger partial charge in [0, 0.05) is 28.4 Å². The van der Waals surface area contributed by atoms with Crippen molar-refractivity contribution >= 4 is 55.5 Å². The number of halogens is 2. The summed E-state index contributed by atoms with van der Waals surface area (Å²) in [5, 5.41) is 7.13. The lowest BCUT2D eigenvalue weighted by molar-refractivity contribution is 0.262. The van der Waals surface area contributed by atoms with Crippen LogP contribution >= 0.6 is 24.0 Å². The van der Waals surface area contributed by atoms with Crippen LogP contribution in [0.3, 0.4) is 0 Å². The molecule has 0 spiro atoms. The van der Waals surface area contributed by atoms with Gasteiger partial charge in [-0.25, -0.2) is 8.42 Å². The first kappa shape index (κ1) is 28.7. The molecule has 4 aromatic carbocycles. The number of rotatable bonds is 9. The Kier molecular flexibility index (Phi) is 8.71. The zero-order valence-electron chi connectivity index (χ0n) is 21.8. The normalized spacial score (nSPS) is 11.6. The fourth-order valence-electron chi connectivity index (χ4n) is 4.45. The Morgan fingerprint density at radius 3 is 2.44 bits per heavy atom. The molecule has 7 nitrogen and oxygen atoms in total. The van der Waals surface area contributed by atoms with Crippen molar-refractivity contribution < 1.29 is 17.9 Å². The Labute approximate surface area is 239 Å². The van der Waals surface area contributed by atoms with Crippen LogP contribution in [0.2, 0.25) is 5.02 Å². The highest BCUT2D eigenvalue weighted by Crippen LogP contribution is 2.38. The van der Waals surface area contributed by atoms with Gasteiger partial charge in [0.1, 0.15) is 23.6 Å². The van der Waals surface area contributed by atoms with E-state index in [2.05, 4.69) is 5.10 Å². The second-order valence-corrected chi connectivity index (χ2v) is 11.5. The molecule has 1 heterocycles. The van der Waals surface area contributed by atoms with Crippen molar-refractivity contribution in [1.82, 2.24) is 14.7 Å². The molecule has 0 aliphatic carbocycles. The van der Waals surface area contributed by atoms with Crippen LogP contribution < -0.4 is 9.47 Å². The zero-order valence-corrected chi connectivity index (χ0v) is 24.2. The summed E-state index contributed by atoms with van der Waals surface area (Å²) in [6, 6.07) is 23.6. The molecule has 39 heavy (non-hydrogen) atoms. The Morgan fingerprint density at radius 1 is 0.949 bits per heavy atom. The van der Waals surface area contributed by atoms with E-state index in [-0.39, 0.29) is 22.3 Å². The monoisotopic (exact) mass is 585 g/mol. The minimum Gasteiger partial charge on any atom is -0.497 e. The van der Waals surface area contributed by atoms with E-state index in [1.54, 1.807) is 42.1 Å². The largest absolute Gasteiger partial charge is 0.497 e. The Bertz CT molecular complexity index is 1730. The van der Waals surface area contributed by atoms with Gasteiger partial charge in [-0.3, -0.25) is 4.68 Å². The molecule has 0 radical (unpaired) electrons. The topological polar surface area (TPSA) is 73.7 Å². The van der Waals surface area contributed by atoms with E-state index in [1.807, 2.05) is 67.5 Å². The standard InChI is InChI=1S/C29H28ClN3O4S.ClH/c1-32(2)14-15-37-26-18-23(36-3)17-25-28(26)33(19-20-8-6-11-22(30)16-20)31-29(25)38(34,35)27-13-7-10-21-9-4-5-12-24(21)27;/h4-13,16-18H,14-15,19H2,1-3H3;1H. The van der Waals surface area contributed by atoms with Crippen LogP contribution in [0.5, 0.6) is 11.5 Å². The highest BCUT2D eigenvalue weighted by atomic mass is 35.5. The number of ether oxygens (including phenoxy) is 2. The van der Waals surface area contributed by atoms with Gasteiger partial charge in [-0.1, -0.05) is 60.1 Å². The summed E-state index contributed by atoms with van der Waals surface area (Å²) in [7, 11) is 1.44. The van der Waals surface area contributed by atoms with Crippen molar-refractivity contribution in [3.8, 4) is 11.5 Å². The highest BCUT2D eigenvalue weighted by molar-refractivity contribution is 7.91. The molecule has 5 aromatic rings. The number of methoxy groups -OCH3 is 1. The fourth-order valence-corrected chi connectivity index (χ4v) is 6.25. The number of benzene rings is 4. The molecule has 0 atom stereocenters. The maximum absolute atomic E-state index is 14.2. The van der Waals surface area contributed by atoms with E-state index in [9.17, 15) is 8.42 Å². The number of sulfone groups is 1. The number of hydrogen-bond donors (Lipinski definition) is 0. The summed E-state index contributed by atoms with van der Waals surface area (Å²) in [5.41, 5.74) is 1.45. The smallest absolute Gasteiger partial charge is 0.226 e. The molecule has 0 N–H and O–H groups in total. The lowest BCUT2D eigenvalue weighted by Crippen LogP contribution is -2.19. The third-order valence-corrected chi connectivity index (χ3v) is 8.28. The van der Waals surface area contributed by atoms with Crippen molar-refractivity contribution in [2.75, 3.05) is 34.4 Å². The van der Waals surface area contributed by atoms with E-state index < -0.39 is 9.84 Å². The second kappa shape index (κ2) is 11.8. The SMILES string of the molecule is COc1cc(OCCN(C)C)c2c(c1)c(S(=O)(=O)c1cccc3ccccc13)nn2Cc1cccc(Cl)c1.Cl. The second-order valence-electron chi connectivity index (χ2n) is 9.25. The number of likely N-dealkylation sites (N-methyl/N-ethyl adjacent to an activating group) is 1. The average Bonchev–Trinajstić information content (AvgIpc) is 3.27. The van der Waals surface area contributed by atoms with Gasteiger partial charge in [0.25, 0.3) is 0 Å². The van der Waals surface area contributed by atoms with Gasteiger partial charge in [-0.2, -0.15) is 5.10 Å². The van der Waals surface area contributed by atoms with E-state index in [4.69, 9.17) is 21.1 Å². The van der Waals surface area contributed by atoms with E-state index in [0.717, 1.165) is 10.9 Å². The molecule has 1 aromatic heterocycles. The summed E-state index contributed by atoms with van der Waals surface area (Å²) in [6.07, 6.45) is 0. The molecule has 0 amide bonds. The number of fused-ring (bicyclic) bond motifs is 2. The molecule has 0 saturated heterocycles. The molecular weight excluding hydrogens is 557 g/mol.